The fourth-order valence-electron chi connectivity index (χ4n) is 1.95. The Morgan fingerprint density at radius 3 is 2.71 bits per heavy atom. The molecule has 0 saturated carbocycles. The lowest BCUT2D eigenvalue weighted by atomic mass is 10.1. The van der Waals surface area contributed by atoms with Crippen molar-refractivity contribution in [2.24, 2.45) is 0 Å². The first-order chi connectivity index (χ1) is 11.4. The fourth-order valence-corrected chi connectivity index (χ4v) is 3.24. The maximum absolute atomic E-state index is 13.1. The molecule has 1 aromatic heterocycles. The smallest absolute Gasteiger partial charge is 0.262 e. The van der Waals surface area contributed by atoms with Gasteiger partial charge in [-0.1, -0.05) is 12.1 Å². The Labute approximate surface area is 151 Å². The summed E-state index contributed by atoms with van der Waals surface area (Å²) >= 11 is 4.53. The Morgan fingerprint density at radius 2 is 2.08 bits per heavy atom. The van der Waals surface area contributed by atoms with Gasteiger partial charge in [0.05, 0.1) is 14.8 Å². The van der Waals surface area contributed by atoms with E-state index in [-0.39, 0.29) is 12.5 Å². The third-order valence-corrected chi connectivity index (χ3v) is 4.86. The molecule has 0 fully saturated rings. The van der Waals surface area contributed by atoms with Crippen molar-refractivity contribution >= 4 is 39.1 Å². The van der Waals surface area contributed by atoms with E-state index in [1.54, 1.807) is 25.1 Å². The van der Waals surface area contributed by atoms with Gasteiger partial charge in [-0.05, 0) is 52.7 Å². The number of aliphatic hydroxyl groups excluding tert-OH is 1. The zero-order valence-corrected chi connectivity index (χ0v) is 15.2. The molecule has 2 atom stereocenters. The standard InChI is InChI=1S/C16H16BrFN2O3S/c1-9(20-16(23)13-5-6-14(17)24-13)15(22)19-8-12(21)10-3-2-4-11(18)7-10/h2-7,9,12,21H,8H2,1H3,(H,19,22)(H,20,23). The highest BCUT2D eigenvalue weighted by Gasteiger charge is 2.18. The second kappa shape index (κ2) is 8.36. The van der Waals surface area contributed by atoms with Crippen LogP contribution in [-0.4, -0.2) is 29.5 Å². The number of halogens is 2. The van der Waals surface area contributed by atoms with Gasteiger partial charge >= 0.3 is 0 Å². The van der Waals surface area contributed by atoms with E-state index in [4.69, 9.17) is 0 Å². The van der Waals surface area contributed by atoms with Crippen LogP contribution >= 0.6 is 27.3 Å². The highest BCUT2D eigenvalue weighted by molar-refractivity contribution is 9.11. The van der Waals surface area contributed by atoms with Crippen LogP contribution in [0.3, 0.4) is 0 Å². The van der Waals surface area contributed by atoms with Crippen molar-refractivity contribution in [3.63, 3.8) is 0 Å². The number of benzene rings is 1. The summed E-state index contributed by atoms with van der Waals surface area (Å²) in [6.45, 7) is 1.47. The average Bonchev–Trinajstić information content (AvgIpc) is 2.98. The summed E-state index contributed by atoms with van der Waals surface area (Å²) in [6.07, 6.45) is -1.03. The lowest BCUT2D eigenvalue weighted by Gasteiger charge is -2.16. The second-order valence-corrected chi connectivity index (χ2v) is 7.58. The number of hydrogen-bond acceptors (Lipinski definition) is 4. The molecule has 2 unspecified atom stereocenters. The summed E-state index contributed by atoms with van der Waals surface area (Å²) in [4.78, 5) is 24.5. The van der Waals surface area contributed by atoms with Crippen LogP contribution in [0.4, 0.5) is 4.39 Å². The number of carbonyl (C=O) groups excluding carboxylic acids is 2. The Kier molecular flexibility index (Phi) is 6.47. The van der Waals surface area contributed by atoms with Crippen LogP contribution in [0.25, 0.3) is 0 Å². The maximum atomic E-state index is 13.1. The summed E-state index contributed by atoms with van der Waals surface area (Å²) in [7, 11) is 0. The molecule has 8 heteroatoms. The summed E-state index contributed by atoms with van der Waals surface area (Å²) in [5, 5.41) is 15.1. The summed E-state index contributed by atoms with van der Waals surface area (Å²) in [5.74, 6) is -1.24. The van der Waals surface area contributed by atoms with Crippen molar-refractivity contribution in [3.05, 3.63) is 56.4 Å². The predicted molar refractivity (Wildman–Crippen MR) is 93.3 cm³/mol. The normalized spacial score (nSPS) is 13.2. The molecular formula is C16H16BrFN2O3S. The average molecular weight is 415 g/mol. The first kappa shape index (κ1) is 18.6. The van der Waals surface area contributed by atoms with E-state index in [9.17, 15) is 19.1 Å². The van der Waals surface area contributed by atoms with E-state index in [0.717, 1.165) is 3.79 Å². The SMILES string of the molecule is CC(NC(=O)c1ccc(Br)s1)C(=O)NCC(O)c1cccc(F)c1. The molecule has 0 bridgehead atoms. The minimum absolute atomic E-state index is 0.0763. The first-order valence-corrected chi connectivity index (χ1v) is 8.75. The lowest BCUT2D eigenvalue weighted by molar-refractivity contribution is -0.123. The zero-order chi connectivity index (χ0) is 17.7. The maximum Gasteiger partial charge on any atom is 0.262 e. The van der Waals surface area contributed by atoms with Crippen LogP contribution < -0.4 is 10.6 Å². The Morgan fingerprint density at radius 1 is 1.33 bits per heavy atom. The fraction of sp³-hybridized carbons (Fsp3) is 0.250. The van der Waals surface area contributed by atoms with E-state index in [1.807, 2.05) is 0 Å². The lowest BCUT2D eigenvalue weighted by Crippen LogP contribution is -2.45. The molecule has 0 spiro atoms. The highest BCUT2D eigenvalue weighted by Crippen LogP contribution is 2.21. The first-order valence-electron chi connectivity index (χ1n) is 7.14. The van der Waals surface area contributed by atoms with Crippen LogP contribution in [0.2, 0.25) is 0 Å². The van der Waals surface area contributed by atoms with Gasteiger partial charge in [-0.15, -0.1) is 11.3 Å². The largest absolute Gasteiger partial charge is 0.387 e. The molecule has 3 N–H and O–H groups in total. The van der Waals surface area contributed by atoms with E-state index < -0.39 is 23.9 Å². The summed E-state index contributed by atoms with van der Waals surface area (Å²) in [6, 6.07) is 8.17. The van der Waals surface area contributed by atoms with Gasteiger partial charge in [-0.2, -0.15) is 0 Å². The van der Waals surface area contributed by atoms with Crippen molar-refractivity contribution < 1.29 is 19.1 Å². The van der Waals surface area contributed by atoms with Gasteiger partial charge in [-0.25, -0.2) is 4.39 Å². The molecular weight excluding hydrogens is 399 g/mol. The van der Waals surface area contributed by atoms with Crippen LogP contribution in [0, 0.1) is 5.82 Å². The molecule has 2 rings (SSSR count). The molecule has 1 aromatic carbocycles. The van der Waals surface area contributed by atoms with E-state index in [0.29, 0.717) is 10.4 Å². The van der Waals surface area contributed by atoms with E-state index >= 15 is 0 Å². The molecule has 0 radical (unpaired) electrons. The Balaban J connectivity index is 1.84. The van der Waals surface area contributed by atoms with Gasteiger partial charge in [0, 0.05) is 6.54 Å². The third-order valence-electron chi connectivity index (χ3n) is 3.24. The van der Waals surface area contributed by atoms with Crippen LogP contribution in [-0.2, 0) is 4.79 Å². The number of nitrogens with one attached hydrogen (secondary N) is 2. The Hall–Kier alpha value is -1.77. The number of rotatable bonds is 6. The van der Waals surface area contributed by atoms with Crippen molar-refractivity contribution in [2.45, 2.75) is 19.1 Å². The molecule has 128 valence electrons. The van der Waals surface area contributed by atoms with Crippen LogP contribution in [0.15, 0.2) is 40.2 Å². The number of carbonyl (C=O) groups is 2. The molecule has 5 nitrogen and oxygen atoms in total. The molecule has 24 heavy (non-hydrogen) atoms. The van der Waals surface area contributed by atoms with Crippen molar-refractivity contribution in [1.29, 1.82) is 0 Å². The van der Waals surface area contributed by atoms with E-state index in [2.05, 4.69) is 26.6 Å². The number of amides is 2. The second-order valence-electron chi connectivity index (χ2n) is 5.11. The minimum atomic E-state index is -1.03. The van der Waals surface area contributed by atoms with Gasteiger partial charge in [0.25, 0.3) is 5.91 Å². The minimum Gasteiger partial charge on any atom is -0.387 e. The van der Waals surface area contributed by atoms with Crippen molar-refractivity contribution in [1.82, 2.24) is 10.6 Å². The van der Waals surface area contributed by atoms with Crippen LogP contribution in [0.5, 0.6) is 0 Å². The van der Waals surface area contributed by atoms with E-state index in [1.165, 1.54) is 29.5 Å². The number of aliphatic hydroxyl groups is 1. The monoisotopic (exact) mass is 414 g/mol. The molecule has 2 aromatic rings. The number of hydrogen-bond donors (Lipinski definition) is 3. The van der Waals surface area contributed by atoms with Crippen molar-refractivity contribution in [2.75, 3.05) is 6.54 Å². The van der Waals surface area contributed by atoms with Gasteiger partial charge < -0.3 is 15.7 Å². The van der Waals surface area contributed by atoms with Crippen LogP contribution in [0.1, 0.15) is 28.3 Å². The predicted octanol–water partition coefficient (Wildman–Crippen LogP) is 2.62. The Bertz CT molecular complexity index is 738. The molecule has 1 heterocycles. The van der Waals surface area contributed by atoms with Crippen molar-refractivity contribution in [3.8, 4) is 0 Å². The summed E-state index contributed by atoms with van der Waals surface area (Å²) < 4.78 is 13.9. The summed E-state index contributed by atoms with van der Waals surface area (Å²) in [5.41, 5.74) is 0.371. The third kappa shape index (κ3) is 5.12. The molecule has 2 amide bonds. The number of thiophene rings is 1. The van der Waals surface area contributed by atoms with Gasteiger partial charge in [0.15, 0.2) is 0 Å². The molecule has 0 aliphatic carbocycles. The topological polar surface area (TPSA) is 78.4 Å². The molecule has 0 aliphatic heterocycles. The van der Waals surface area contributed by atoms with Gasteiger partial charge in [0.1, 0.15) is 11.9 Å². The van der Waals surface area contributed by atoms with Gasteiger partial charge in [0.2, 0.25) is 5.91 Å². The van der Waals surface area contributed by atoms with Gasteiger partial charge in [-0.3, -0.25) is 9.59 Å². The highest BCUT2D eigenvalue weighted by atomic mass is 79.9. The zero-order valence-electron chi connectivity index (χ0n) is 12.8. The molecule has 0 saturated heterocycles. The molecule has 0 aliphatic rings. The quantitative estimate of drug-likeness (QED) is 0.679.